The summed E-state index contributed by atoms with van der Waals surface area (Å²) in [4.78, 5) is 34.6. The van der Waals surface area contributed by atoms with Crippen LogP contribution in [0.4, 0.5) is 16.2 Å². The van der Waals surface area contributed by atoms with Gasteiger partial charge in [-0.15, -0.1) is 0 Å². The Morgan fingerprint density at radius 1 is 0.880 bits per heavy atom. The molecule has 0 aliphatic heterocycles. The van der Waals surface area contributed by atoms with Crippen LogP contribution in [0.15, 0.2) is 42.5 Å². The first-order chi connectivity index (χ1) is 11.8. The van der Waals surface area contributed by atoms with Gasteiger partial charge in [0.2, 0.25) is 5.91 Å². The summed E-state index contributed by atoms with van der Waals surface area (Å²) in [5.41, 5.74) is 6.30. The number of urea groups is 1. The zero-order chi connectivity index (χ0) is 18.4. The molecule has 0 heterocycles. The molecule has 2 aromatic carbocycles. The minimum absolute atomic E-state index is 0.222. The van der Waals surface area contributed by atoms with Crippen LogP contribution in [0.3, 0.4) is 0 Å². The Kier molecular flexibility index (Phi) is 6.21. The molecule has 0 aromatic heterocycles. The Hall–Kier alpha value is -2.77. The van der Waals surface area contributed by atoms with Gasteiger partial charge in [-0.1, -0.05) is 23.2 Å². The van der Waals surface area contributed by atoms with Gasteiger partial charge in [0.1, 0.15) is 0 Å². The molecular formula is C16H14Cl2N4O3. The number of rotatable bonds is 5. The van der Waals surface area contributed by atoms with Crippen molar-refractivity contribution in [3.63, 3.8) is 0 Å². The monoisotopic (exact) mass is 380 g/mol. The van der Waals surface area contributed by atoms with Crippen molar-refractivity contribution in [2.24, 2.45) is 5.73 Å². The molecule has 130 valence electrons. The molecule has 0 radical (unpaired) electrons. The molecule has 5 N–H and O–H groups in total. The van der Waals surface area contributed by atoms with Crippen molar-refractivity contribution < 1.29 is 14.4 Å². The first kappa shape index (κ1) is 18.6. The number of anilines is 2. The summed E-state index contributed by atoms with van der Waals surface area (Å²) in [7, 11) is 0. The summed E-state index contributed by atoms with van der Waals surface area (Å²) in [5, 5.41) is 8.07. The fourth-order valence-corrected chi connectivity index (χ4v) is 2.18. The summed E-state index contributed by atoms with van der Waals surface area (Å²) < 4.78 is 0. The Morgan fingerprint density at radius 3 is 2.04 bits per heavy atom. The number of hydrogen-bond donors (Lipinski definition) is 4. The fourth-order valence-electron chi connectivity index (χ4n) is 1.88. The van der Waals surface area contributed by atoms with Crippen molar-refractivity contribution in [2.75, 3.05) is 17.2 Å². The van der Waals surface area contributed by atoms with E-state index < -0.39 is 17.8 Å². The van der Waals surface area contributed by atoms with Crippen LogP contribution in [0.5, 0.6) is 0 Å². The SMILES string of the molecule is NC(=O)Nc1ccc(NC(=O)CNC(=O)c2ccc(Cl)c(Cl)c2)cc1. The normalized spacial score (nSPS) is 10.0. The molecule has 0 saturated carbocycles. The molecule has 0 saturated heterocycles. The van der Waals surface area contributed by atoms with Crippen LogP contribution < -0.4 is 21.7 Å². The van der Waals surface area contributed by atoms with Gasteiger partial charge < -0.3 is 21.7 Å². The van der Waals surface area contributed by atoms with Crippen molar-refractivity contribution in [1.29, 1.82) is 0 Å². The largest absolute Gasteiger partial charge is 0.351 e. The van der Waals surface area contributed by atoms with Gasteiger partial charge in [0.15, 0.2) is 0 Å². The number of amides is 4. The van der Waals surface area contributed by atoms with Gasteiger partial charge >= 0.3 is 6.03 Å². The molecule has 25 heavy (non-hydrogen) atoms. The van der Waals surface area contributed by atoms with E-state index in [1.165, 1.54) is 18.2 Å². The van der Waals surface area contributed by atoms with Gasteiger partial charge in [0, 0.05) is 16.9 Å². The second-order valence-electron chi connectivity index (χ2n) is 4.93. The van der Waals surface area contributed by atoms with Crippen molar-refractivity contribution >= 4 is 52.4 Å². The first-order valence-corrected chi connectivity index (χ1v) is 7.80. The average molecular weight is 381 g/mol. The summed E-state index contributed by atoms with van der Waals surface area (Å²) in [6.07, 6.45) is 0. The molecule has 0 atom stereocenters. The van der Waals surface area contributed by atoms with Crippen LogP contribution in [0.25, 0.3) is 0 Å². The topological polar surface area (TPSA) is 113 Å². The van der Waals surface area contributed by atoms with Gasteiger partial charge in [0.05, 0.1) is 16.6 Å². The number of carbonyl (C=O) groups is 3. The number of benzene rings is 2. The molecule has 4 amide bonds. The number of nitrogens with two attached hydrogens (primary N) is 1. The van der Waals surface area contributed by atoms with E-state index in [-0.39, 0.29) is 11.6 Å². The lowest BCUT2D eigenvalue weighted by atomic mass is 10.2. The second kappa shape index (κ2) is 8.36. The highest BCUT2D eigenvalue weighted by molar-refractivity contribution is 6.42. The quantitative estimate of drug-likeness (QED) is 0.639. The minimum Gasteiger partial charge on any atom is -0.351 e. The van der Waals surface area contributed by atoms with Crippen LogP contribution >= 0.6 is 23.2 Å². The van der Waals surface area contributed by atoms with Crippen LogP contribution in [0.1, 0.15) is 10.4 Å². The highest BCUT2D eigenvalue weighted by Crippen LogP contribution is 2.22. The summed E-state index contributed by atoms with van der Waals surface area (Å²) >= 11 is 11.6. The number of carbonyl (C=O) groups excluding carboxylic acids is 3. The maximum Gasteiger partial charge on any atom is 0.316 e. The molecule has 2 rings (SSSR count). The van der Waals surface area contributed by atoms with Crippen molar-refractivity contribution in [1.82, 2.24) is 5.32 Å². The zero-order valence-electron chi connectivity index (χ0n) is 12.8. The molecule has 2 aromatic rings. The lowest BCUT2D eigenvalue weighted by molar-refractivity contribution is -0.115. The minimum atomic E-state index is -0.679. The van der Waals surface area contributed by atoms with E-state index in [2.05, 4.69) is 16.0 Å². The van der Waals surface area contributed by atoms with E-state index in [0.717, 1.165) is 0 Å². The maximum atomic E-state index is 12.0. The smallest absolute Gasteiger partial charge is 0.316 e. The van der Waals surface area contributed by atoms with Crippen LogP contribution in [-0.2, 0) is 4.79 Å². The van der Waals surface area contributed by atoms with Gasteiger partial charge in [-0.05, 0) is 42.5 Å². The van der Waals surface area contributed by atoms with Crippen molar-refractivity contribution in [2.45, 2.75) is 0 Å². The van der Waals surface area contributed by atoms with E-state index in [9.17, 15) is 14.4 Å². The molecule has 0 fully saturated rings. The van der Waals surface area contributed by atoms with Crippen molar-refractivity contribution in [3.05, 3.63) is 58.1 Å². The summed E-state index contributed by atoms with van der Waals surface area (Å²) in [6.45, 7) is -0.222. The Morgan fingerprint density at radius 2 is 1.48 bits per heavy atom. The van der Waals surface area contributed by atoms with E-state index in [4.69, 9.17) is 28.9 Å². The average Bonchev–Trinajstić information content (AvgIpc) is 2.56. The number of halogens is 2. The van der Waals surface area contributed by atoms with Crippen molar-refractivity contribution in [3.8, 4) is 0 Å². The molecule has 0 spiro atoms. The predicted octanol–water partition coefficient (Wildman–Crippen LogP) is 2.85. The number of hydrogen-bond acceptors (Lipinski definition) is 3. The standard InChI is InChI=1S/C16H14Cl2N4O3/c17-12-6-1-9(7-13(12)18)15(24)20-8-14(23)21-10-2-4-11(5-3-10)22-16(19)25/h1-7H,8H2,(H,20,24)(H,21,23)(H3,19,22,25). The van der Waals surface area contributed by atoms with E-state index >= 15 is 0 Å². The van der Waals surface area contributed by atoms with E-state index in [1.54, 1.807) is 24.3 Å². The predicted molar refractivity (Wildman–Crippen MR) is 97.1 cm³/mol. The second-order valence-corrected chi connectivity index (χ2v) is 5.74. The first-order valence-electron chi connectivity index (χ1n) is 7.05. The summed E-state index contributed by atoms with van der Waals surface area (Å²) in [6, 6.07) is 10.1. The molecule has 9 heteroatoms. The maximum absolute atomic E-state index is 12.0. The van der Waals surface area contributed by atoms with E-state index in [0.29, 0.717) is 22.0 Å². The highest BCUT2D eigenvalue weighted by Gasteiger charge is 2.10. The molecular weight excluding hydrogens is 367 g/mol. The molecule has 0 aliphatic rings. The Labute approximate surface area is 153 Å². The molecule has 0 unspecified atom stereocenters. The zero-order valence-corrected chi connectivity index (χ0v) is 14.3. The van der Waals surface area contributed by atoms with E-state index in [1.807, 2.05) is 0 Å². The van der Waals surface area contributed by atoms with Crippen LogP contribution in [0, 0.1) is 0 Å². The van der Waals surface area contributed by atoms with Gasteiger partial charge in [0.25, 0.3) is 5.91 Å². The lowest BCUT2D eigenvalue weighted by Crippen LogP contribution is -2.32. The Bertz CT molecular complexity index is 810. The van der Waals surface area contributed by atoms with Gasteiger partial charge in [-0.2, -0.15) is 0 Å². The third kappa shape index (κ3) is 5.66. The summed E-state index contributed by atoms with van der Waals surface area (Å²) in [5.74, 6) is -0.862. The number of primary amides is 1. The Balaban J connectivity index is 1.86. The molecule has 0 bridgehead atoms. The number of nitrogens with one attached hydrogen (secondary N) is 3. The highest BCUT2D eigenvalue weighted by atomic mass is 35.5. The van der Waals surface area contributed by atoms with Crippen LogP contribution in [0.2, 0.25) is 10.0 Å². The van der Waals surface area contributed by atoms with Gasteiger partial charge in [-0.25, -0.2) is 4.79 Å². The fraction of sp³-hybridized carbons (Fsp3) is 0.0625. The molecule has 0 aliphatic carbocycles. The molecule has 7 nitrogen and oxygen atoms in total. The lowest BCUT2D eigenvalue weighted by Gasteiger charge is -2.08. The van der Waals surface area contributed by atoms with Crippen LogP contribution in [-0.4, -0.2) is 24.4 Å². The third-order valence-electron chi connectivity index (χ3n) is 3.03. The van der Waals surface area contributed by atoms with Gasteiger partial charge in [-0.3, -0.25) is 9.59 Å². The third-order valence-corrected chi connectivity index (χ3v) is 3.77.